The highest BCUT2D eigenvalue weighted by Crippen LogP contribution is 2.40. The van der Waals surface area contributed by atoms with Gasteiger partial charge in [-0.3, -0.25) is 9.69 Å². The number of nitrogens with zero attached hydrogens (tertiary/aromatic N) is 1. The minimum absolute atomic E-state index is 0.0113. The van der Waals surface area contributed by atoms with Crippen molar-refractivity contribution >= 4 is 63.5 Å². The maximum absolute atomic E-state index is 13.0. The predicted molar refractivity (Wildman–Crippen MR) is 125 cm³/mol. The van der Waals surface area contributed by atoms with Gasteiger partial charge in [0.2, 0.25) is 0 Å². The lowest BCUT2D eigenvalue weighted by atomic mass is 10.1. The second kappa shape index (κ2) is 8.58. The van der Waals surface area contributed by atoms with Crippen molar-refractivity contribution in [3.63, 3.8) is 0 Å². The van der Waals surface area contributed by atoms with Gasteiger partial charge in [0.25, 0.3) is 5.91 Å². The molecule has 1 fully saturated rings. The van der Waals surface area contributed by atoms with Gasteiger partial charge < -0.3 is 14.3 Å². The van der Waals surface area contributed by atoms with E-state index in [2.05, 4.69) is 0 Å². The van der Waals surface area contributed by atoms with E-state index in [9.17, 15) is 9.59 Å². The molecule has 4 rings (SSSR count). The highest BCUT2D eigenvalue weighted by molar-refractivity contribution is 8.27. The van der Waals surface area contributed by atoms with Gasteiger partial charge in [0.1, 0.15) is 17.3 Å². The highest BCUT2D eigenvalue weighted by atomic mass is 35.5. The zero-order chi connectivity index (χ0) is 22.1. The third kappa shape index (κ3) is 4.10. The number of ether oxygens (including phenoxy) is 1. The number of hydrogen-bond donors (Lipinski definition) is 1. The van der Waals surface area contributed by atoms with Crippen LogP contribution in [0.25, 0.3) is 17.4 Å². The lowest BCUT2D eigenvalue weighted by Gasteiger charge is -2.17. The summed E-state index contributed by atoms with van der Waals surface area (Å²) in [6.07, 6.45) is 1.62. The van der Waals surface area contributed by atoms with Crippen LogP contribution in [0.4, 0.5) is 5.69 Å². The molecule has 156 valence electrons. The highest BCUT2D eigenvalue weighted by Gasteiger charge is 2.35. The maximum atomic E-state index is 13.0. The molecule has 0 aliphatic carbocycles. The predicted octanol–water partition coefficient (Wildman–Crippen LogP) is 5.71. The van der Waals surface area contributed by atoms with E-state index in [0.29, 0.717) is 37.7 Å². The van der Waals surface area contributed by atoms with E-state index in [1.54, 1.807) is 42.5 Å². The smallest absolute Gasteiger partial charge is 0.337 e. The summed E-state index contributed by atoms with van der Waals surface area (Å²) in [5, 5.41) is 9.21. The Balaban J connectivity index is 1.61. The molecule has 2 heterocycles. The summed E-state index contributed by atoms with van der Waals surface area (Å²) in [4.78, 5) is 26.0. The Morgan fingerprint density at radius 2 is 2.00 bits per heavy atom. The number of thiocarbonyl (C=S) groups is 1. The average molecular weight is 472 g/mol. The minimum atomic E-state index is -1.10. The molecule has 3 aromatic rings. The van der Waals surface area contributed by atoms with Crippen molar-refractivity contribution in [3.8, 4) is 17.1 Å². The van der Waals surface area contributed by atoms with Gasteiger partial charge in [-0.1, -0.05) is 53.8 Å². The number of rotatable bonds is 5. The average Bonchev–Trinajstić information content (AvgIpc) is 3.32. The van der Waals surface area contributed by atoms with E-state index >= 15 is 0 Å². The first-order chi connectivity index (χ1) is 14.9. The summed E-state index contributed by atoms with van der Waals surface area (Å²) in [5.74, 6) is 0.112. The normalized spacial score (nSPS) is 15.0. The van der Waals surface area contributed by atoms with Crippen LogP contribution in [0.3, 0.4) is 0 Å². The Labute approximate surface area is 192 Å². The summed E-state index contributed by atoms with van der Waals surface area (Å²) >= 11 is 12.6. The number of para-hydroxylation sites is 2. The molecule has 0 unspecified atom stereocenters. The molecule has 1 amide bonds. The summed E-state index contributed by atoms with van der Waals surface area (Å²) in [6, 6.07) is 15.1. The molecular weight excluding hydrogens is 458 g/mol. The first kappa shape index (κ1) is 21.2. The van der Waals surface area contributed by atoms with Crippen LogP contribution in [0.15, 0.2) is 63.9 Å². The second-order valence-corrected chi connectivity index (χ2v) is 8.47. The lowest BCUT2D eigenvalue weighted by Crippen LogP contribution is -2.27. The number of aromatic carboxylic acids is 1. The number of hydrogen-bond acceptors (Lipinski definition) is 6. The van der Waals surface area contributed by atoms with Gasteiger partial charge in [0, 0.05) is 11.6 Å². The number of carbonyl (C=O) groups is 2. The Morgan fingerprint density at radius 1 is 1.23 bits per heavy atom. The second-order valence-electron chi connectivity index (χ2n) is 6.39. The lowest BCUT2D eigenvalue weighted by molar-refractivity contribution is -0.113. The van der Waals surface area contributed by atoms with Gasteiger partial charge in [-0.25, -0.2) is 4.79 Å². The van der Waals surface area contributed by atoms with Gasteiger partial charge in [-0.2, -0.15) is 0 Å². The molecule has 0 atom stereocenters. The number of anilines is 1. The molecule has 0 spiro atoms. The van der Waals surface area contributed by atoms with Gasteiger partial charge in [0.15, 0.2) is 4.32 Å². The number of carboxylic acids is 1. The third-order valence-corrected chi connectivity index (χ3v) is 6.12. The molecule has 1 aliphatic rings. The Hall–Kier alpha value is -3.07. The van der Waals surface area contributed by atoms with Crippen LogP contribution in [-0.2, 0) is 4.79 Å². The standard InChI is InChI=1S/C22H14ClNO5S2/c1-28-18-5-3-2-4-16(18)24-20(25)19(31-22(24)30)11-13-7-9-17(29-13)12-6-8-14(21(26)27)15(23)10-12/h2-11H,1H3,(H,26,27)/b19-11-. The Bertz CT molecular complexity index is 1250. The van der Waals surface area contributed by atoms with E-state index in [-0.39, 0.29) is 16.5 Å². The molecule has 0 bridgehead atoms. The SMILES string of the molecule is COc1ccccc1N1C(=O)/C(=C/c2ccc(-c3ccc(C(=O)O)c(Cl)c3)o2)SC1=S. The van der Waals surface area contributed by atoms with Crippen LogP contribution in [0, 0.1) is 0 Å². The van der Waals surface area contributed by atoms with E-state index < -0.39 is 5.97 Å². The topological polar surface area (TPSA) is 80.0 Å². The van der Waals surface area contributed by atoms with Crippen LogP contribution in [0.2, 0.25) is 5.02 Å². The van der Waals surface area contributed by atoms with Crippen LogP contribution < -0.4 is 9.64 Å². The van der Waals surface area contributed by atoms with Crippen molar-refractivity contribution in [1.82, 2.24) is 0 Å². The fraction of sp³-hybridized carbons (Fsp3) is 0.0455. The van der Waals surface area contributed by atoms with Gasteiger partial charge in [-0.05, 0) is 36.4 Å². The van der Waals surface area contributed by atoms with Crippen LogP contribution in [-0.4, -0.2) is 28.4 Å². The number of amides is 1. The summed E-state index contributed by atoms with van der Waals surface area (Å²) < 4.78 is 11.6. The van der Waals surface area contributed by atoms with Gasteiger partial charge in [-0.15, -0.1) is 0 Å². The molecule has 6 nitrogen and oxygen atoms in total. The number of furan rings is 1. The zero-order valence-corrected chi connectivity index (χ0v) is 18.4. The maximum Gasteiger partial charge on any atom is 0.337 e. The van der Waals surface area contributed by atoms with Crippen molar-refractivity contribution in [2.24, 2.45) is 0 Å². The first-order valence-electron chi connectivity index (χ1n) is 8.93. The molecule has 2 aromatic carbocycles. The van der Waals surface area contributed by atoms with E-state index in [0.717, 1.165) is 0 Å². The molecule has 1 N–H and O–H groups in total. The van der Waals surface area contributed by atoms with Crippen molar-refractivity contribution in [2.45, 2.75) is 0 Å². The minimum Gasteiger partial charge on any atom is -0.495 e. The number of thioether (sulfide) groups is 1. The molecule has 9 heteroatoms. The Morgan fingerprint density at radius 3 is 2.71 bits per heavy atom. The zero-order valence-electron chi connectivity index (χ0n) is 16.0. The van der Waals surface area contributed by atoms with E-state index in [4.69, 9.17) is 38.1 Å². The summed E-state index contributed by atoms with van der Waals surface area (Å²) in [5.41, 5.74) is 1.21. The van der Waals surface area contributed by atoms with Crippen molar-refractivity contribution in [2.75, 3.05) is 12.0 Å². The monoisotopic (exact) mass is 471 g/mol. The van der Waals surface area contributed by atoms with E-state index in [1.807, 2.05) is 6.07 Å². The van der Waals surface area contributed by atoms with Gasteiger partial charge >= 0.3 is 5.97 Å². The number of methoxy groups -OCH3 is 1. The van der Waals surface area contributed by atoms with Crippen molar-refractivity contribution < 1.29 is 23.8 Å². The molecule has 1 aliphatic heterocycles. The summed E-state index contributed by atoms with van der Waals surface area (Å²) in [6.45, 7) is 0. The number of carbonyl (C=O) groups excluding carboxylic acids is 1. The molecule has 0 saturated carbocycles. The number of halogens is 1. The molecule has 1 aromatic heterocycles. The fourth-order valence-corrected chi connectivity index (χ4v) is 4.57. The molecule has 0 radical (unpaired) electrons. The Kier molecular flexibility index (Phi) is 5.86. The largest absolute Gasteiger partial charge is 0.495 e. The van der Waals surface area contributed by atoms with Crippen molar-refractivity contribution in [3.05, 3.63) is 75.8 Å². The molecule has 31 heavy (non-hydrogen) atoms. The quantitative estimate of drug-likeness (QED) is 0.377. The first-order valence-corrected chi connectivity index (χ1v) is 10.5. The number of benzene rings is 2. The summed E-state index contributed by atoms with van der Waals surface area (Å²) in [7, 11) is 1.53. The number of carboxylic acid groups (broad SMARTS) is 1. The molecule has 1 saturated heterocycles. The third-order valence-electron chi connectivity index (χ3n) is 4.50. The van der Waals surface area contributed by atoms with Crippen LogP contribution in [0.5, 0.6) is 5.75 Å². The van der Waals surface area contributed by atoms with Crippen LogP contribution >= 0.6 is 35.6 Å². The molecular formula is C22H14ClNO5S2. The van der Waals surface area contributed by atoms with Crippen LogP contribution in [0.1, 0.15) is 16.1 Å². The van der Waals surface area contributed by atoms with Gasteiger partial charge in [0.05, 0.1) is 28.3 Å². The fourth-order valence-electron chi connectivity index (χ4n) is 3.05. The van der Waals surface area contributed by atoms with E-state index in [1.165, 1.54) is 35.9 Å². The van der Waals surface area contributed by atoms with Crippen molar-refractivity contribution in [1.29, 1.82) is 0 Å².